The number of hydrogen-bond acceptors (Lipinski definition) is 7. The van der Waals surface area contributed by atoms with E-state index in [4.69, 9.17) is 31.2 Å². The van der Waals surface area contributed by atoms with Crippen LogP contribution in [-0.4, -0.2) is 51.0 Å². The molecule has 2 aromatic rings. The van der Waals surface area contributed by atoms with Crippen molar-refractivity contribution in [1.82, 2.24) is 16.2 Å². The fourth-order valence-electron chi connectivity index (χ4n) is 2.50. The fourth-order valence-corrected chi connectivity index (χ4v) is 2.64. The highest BCUT2D eigenvalue weighted by atomic mass is 32.1. The lowest BCUT2D eigenvalue weighted by Gasteiger charge is -2.14. The van der Waals surface area contributed by atoms with Gasteiger partial charge in [0.15, 0.2) is 16.6 Å². The summed E-state index contributed by atoms with van der Waals surface area (Å²) in [5.41, 5.74) is 5.53. The number of hydrogen-bond donors (Lipinski definition) is 3. The molecule has 0 aliphatic heterocycles. The van der Waals surface area contributed by atoms with Crippen molar-refractivity contribution < 1.29 is 28.5 Å². The molecule has 0 saturated carbocycles. The summed E-state index contributed by atoms with van der Waals surface area (Å²) in [6.07, 6.45) is 0. The first-order chi connectivity index (χ1) is 15.0. The second-order valence-corrected chi connectivity index (χ2v) is 6.38. The van der Waals surface area contributed by atoms with Crippen molar-refractivity contribution in [2.75, 3.05) is 34.0 Å². The number of carbonyl (C=O) groups is 2. The van der Waals surface area contributed by atoms with Gasteiger partial charge in [0.25, 0.3) is 11.8 Å². The van der Waals surface area contributed by atoms with Crippen molar-refractivity contribution in [2.45, 2.75) is 6.92 Å². The number of methoxy groups -OCH3 is 2. The van der Waals surface area contributed by atoms with E-state index in [9.17, 15) is 9.59 Å². The number of thiocarbonyl (C=S) groups is 1. The smallest absolute Gasteiger partial charge is 0.269 e. The standard InChI is InChI=1S/C21H25N3O6S/c1-4-29-11-12-30-16-8-6-5-7-15(16)20(26)22-21(31)24-23-19(25)14-9-10-17(27-2)18(13-14)28-3/h5-10,13H,4,11-12H2,1-3H3,(H,23,25)(H2,22,24,26,31). The molecule has 0 saturated heterocycles. The van der Waals surface area contributed by atoms with Crippen LogP contribution in [0.1, 0.15) is 27.6 Å². The van der Waals surface area contributed by atoms with E-state index in [0.717, 1.165) is 0 Å². The molecular formula is C21H25N3O6S. The van der Waals surface area contributed by atoms with E-state index in [-0.39, 0.29) is 5.11 Å². The van der Waals surface area contributed by atoms with Crippen molar-refractivity contribution in [3.63, 3.8) is 0 Å². The van der Waals surface area contributed by atoms with Gasteiger partial charge in [-0.3, -0.25) is 25.8 Å². The van der Waals surface area contributed by atoms with Crippen molar-refractivity contribution in [2.24, 2.45) is 0 Å². The Labute approximate surface area is 186 Å². The molecule has 0 aliphatic rings. The highest BCUT2D eigenvalue weighted by Gasteiger charge is 2.15. The Balaban J connectivity index is 1.91. The number of amides is 2. The van der Waals surface area contributed by atoms with Crippen LogP contribution in [-0.2, 0) is 4.74 Å². The average Bonchev–Trinajstić information content (AvgIpc) is 2.80. The van der Waals surface area contributed by atoms with Crippen LogP contribution in [0.5, 0.6) is 17.2 Å². The third-order valence-corrected chi connectivity index (χ3v) is 4.19. The van der Waals surface area contributed by atoms with Crippen molar-refractivity contribution in [3.05, 3.63) is 53.6 Å². The Hall–Kier alpha value is -3.37. The van der Waals surface area contributed by atoms with Crippen LogP contribution in [0.25, 0.3) is 0 Å². The topological polar surface area (TPSA) is 107 Å². The zero-order chi connectivity index (χ0) is 22.6. The first kappa shape index (κ1) is 23.9. The third kappa shape index (κ3) is 7.12. The fraction of sp³-hybridized carbons (Fsp3) is 0.286. The molecule has 9 nitrogen and oxygen atoms in total. The van der Waals surface area contributed by atoms with E-state index in [1.54, 1.807) is 36.4 Å². The van der Waals surface area contributed by atoms with Crippen molar-refractivity contribution in [3.8, 4) is 17.2 Å². The molecule has 31 heavy (non-hydrogen) atoms. The van der Waals surface area contributed by atoms with Gasteiger partial charge >= 0.3 is 0 Å². The summed E-state index contributed by atoms with van der Waals surface area (Å²) >= 11 is 5.09. The minimum atomic E-state index is -0.482. The van der Waals surface area contributed by atoms with Crippen molar-refractivity contribution >= 4 is 29.1 Å². The van der Waals surface area contributed by atoms with Gasteiger partial charge in [-0.15, -0.1) is 0 Å². The van der Waals surface area contributed by atoms with Crippen molar-refractivity contribution in [1.29, 1.82) is 0 Å². The van der Waals surface area contributed by atoms with Gasteiger partial charge in [0, 0.05) is 12.2 Å². The molecule has 0 aromatic heterocycles. The zero-order valence-corrected chi connectivity index (χ0v) is 18.3. The van der Waals surface area contributed by atoms with Gasteiger partial charge in [-0.25, -0.2) is 0 Å². The number of nitrogens with one attached hydrogen (secondary N) is 3. The molecule has 0 fully saturated rings. The normalized spacial score (nSPS) is 10.0. The predicted octanol–water partition coefficient (Wildman–Crippen LogP) is 2.07. The van der Waals surface area contributed by atoms with Crippen LogP contribution in [0.4, 0.5) is 0 Å². The molecule has 2 rings (SSSR count). The van der Waals surface area contributed by atoms with Gasteiger partial charge in [0.1, 0.15) is 12.4 Å². The Bertz CT molecular complexity index is 922. The highest BCUT2D eigenvalue weighted by molar-refractivity contribution is 7.80. The minimum Gasteiger partial charge on any atom is -0.493 e. The molecule has 0 bridgehead atoms. The van der Waals surface area contributed by atoms with Gasteiger partial charge in [0.2, 0.25) is 0 Å². The van der Waals surface area contributed by atoms with Gasteiger partial charge in [-0.1, -0.05) is 12.1 Å². The van der Waals surface area contributed by atoms with E-state index >= 15 is 0 Å². The molecule has 0 spiro atoms. The molecule has 3 N–H and O–H groups in total. The van der Waals surface area contributed by atoms with Crippen LogP contribution in [0.3, 0.4) is 0 Å². The number of carbonyl (C=O) groups excluding carboxylic acids is 2. The van der Waals surface area contributed by atoms with Gasteiger partial charge in [-0.2, -0.15) is 0 Å². The number of benzene rings is 2. The lowest BCUT2D eigenvalue weighted by molar-refractivity contribution is 0.0930. The molecule has 0 atom stereocenters. The van der Waals surface area contributed by atoms with Crippen LogP contribution in [0, 0.1) is 0 Å². The first-order valence-electron chi connectivity index (χ1n) is 9.43. The lowest BCUT2D eigenvalue weighted by atomic mass is 10.2. The molecule has 0 heterocycles. The number of ether oxygens (including phenoxy) is 4. The Kier molecular flexibility index (Phi) is 9.53. The van der Waals surface area contributed by atoms with Crippen LogP contribution in [0.2, 0.25) is 0 Å². The Morgan fingerprint density at radius 3 is 2.35 bits per heavy atom. The Morgan fingerprint density at radius 2 is 1.65 bits per heavy atom. The second kappa shape index (κ2) is 12.4. The molecule has 10 heteroatoms. The lowest BCUT2D eigenvalue weighted by Crippen LogP contribution is -2.48. The minimum absolute atomic E-state index is 0.0806. The summed E-state index contributed by atoms with van der Waals surface area (Å²) < 4.78 is 21.1. The number of para-hydroxylation sites is 1. The molecule has 166 valence electrons. The maximum absolute atomic E-state index is 12.5. The van der Waals surface area contributed by atoms with E-state index in [1.807, 2.05) is 6.92 Å². The van der Waals surface area contributed by atoms with Gasteiger partial charge in [-0.05, 0) is 49.5 Å². The van der Waals surface area contributed by atoms with Crippen LogP contribution < -0.4 is 30.4 Å². The molecule has 0 unspecified atom stereocenters. The third-order valence-electron chi connectivity index (χ3n) is 3.98. The Morgan fingerprint density at radius 1 is 0.903 bits per heavy atom. The summed E-state index contributed by atoms with van der Waals surface area (Å²) in [5, 5.41) is 2.42. The average molecular weight is 448 g/mol. The molecule has 2 aromatic carbocycles. The molecular weight excluding hydrogens is 422 g/mol. The van der Waals surface area contributed by atoms with E-state index < -0.39 is 11.8 Å². The van der Waals surface area contributed by atoms with E-state index in [1.165, 1.54) is 20.3 Å². The SMILES string of the molecule is CCOCCOc1ccccc1C(=O)NC(=S)NNC(=O)c1ccc(OC)c(OC)c1. The van der Waals surface area contributed by atoms with Gasteiger partial charge < -0.3 is 18.9 Å². The van der Waals surface area contributed by atoms with E-state index in [0.29, 0.717) is 48.2 Å². The van der Waals surface area contributed by atoms with Crippen LogP contribution >= 0.6 is 12.2 Å². The largest absolute Gasteiger partial charge is 0.493 e. The van der Waals surface area contributed by atoms with Gasteiger partial charge in [0.05, 0.1) is 26.4 Å². The highest BCUT2D eigenvalue weighted by Crippen LogP contribution is 2.27. The second-order valence-electron chi connectivity index (χ2n) is 5.97. The summed E-state index contributed by atoms with van der Waals surface area (Å²) in [4.78, 5) is 24.9. The molecule has 0 aliphatic carbocycles. The first-order valence-corrected chi connectivity index (χ1v) is 9.84. The maximum Gasteiger partial charge on any atom is 0.269 e. The van der Waals surface area contributed by atoms with Crippen LogP contribution in [0.15, 0.2) is 42.5 Å². The summed E-state index contributed by atoms with van der Waals surface area (Å²) in [7, 11) is 2.98. The quantitative estimate of drug-likeness (QED) is 0.305. The van der Waals surface area contributed by atoms with E-state index in [2.05, 4.69) is 16.2 Å². The summed E-state index contributed by atoms with van der Waals surface area (Å²) in [6, 6.07) is 11.4. The number of rotatable bonds is 9. The number of hydrazine groups is 1. The molecule has 2 amide bonds. The summed E-state index contributed by atoms with van der Waals surface area (Å²) in [6.45, 7) is 3.19. The molecule has 0 radical (unpaired) electrons. The summed E-state index contributed by atoms with van der Waals surface area (Å²) in [5.74, 6) is 0.350. The predicted molar refractivity (Wildman–Crippen MR) is 119 cm³/mol. The zero-order valence-electron chi connectivity index (χ0n) is 17.5. The maximum atomic E-state index is 12.5. The monoisotopic (exact) mass is 447 g/mol.